The highest BCUT2D eigenvalue weighted by Crippen LogP contribution is 2.36. The molecule has 1 aromatic rings. The van der Waals surface area contributed by atoms with E-state index in [-0.39, 0.29) is 12.4 Å². The molecule has 112 valence electrons. The van der Waals surface area contributed by atoms with Crippen molar-refractivity contribution in [3.8, 4) is 0 Å². The van der Waals surface area contributed by atoms with Crippen molar-refractivity contribution < 1.29 is 0 Å². The lowest BCUT2D eigenvalue weighted by Crippen LogP contribution is -2.49. The minimum absolute atomic E-state index is 0. The van der Waals surface area contributed by atoms with E-state index in [4.69, 9.17) is 17.3 Å². The molecule has 6 heteroatoms. The van der Waals surface area contributed by atoms with E-state index in [0.29, 0.717) is 23.1 Å². The summed E-state index contributed by atoms with van der Waals surface area (Å²) in [6.45, 7) is 4.65. The first kappa shape index (κ1) is 15.8. The van der Waals surface area contributed by atoms with Gasteiger partial charge in [0.25, 0.3) is 0 Å². The average molecular weight is 317 g/mol. The zero-order valence-corrected chi connectivity index (χ0v) is 13.4. The van der Waals surface area contributed by atoms with E-state index in [0.717, 1.165) is 24.1 Å². The third kappa shape index (κ3) is 2.87. The zero-order chi connectivity index (χ0) is 13.4. The summed E-state index contributed by atoms with van der Waals surface area (Å²) in [6.07, 6.45) is 5.80. The van der Waals surface area contributed by atoms with Gasteiger partial charge in [-0.3, -0.25) is 4.90 Å². The minimum atomic E-state index is 0. The molecule has 0 spiro atoms. The van der Waals surface area contributed by atoms with Gasteiger partial charge in [0.2, 0.25) is 5.95 Å². The highest BCUT2D eigenvalue weighted by atomic mass is 35.5. The van der Waals surface area contributed by atoms with Crippen molar-refractivity contribution in [3.63, 3.8) is 0 Å². The summed E-state index contributed by atoms with van der Waals surface area (Å²) in [4.78, 5) is 11.1. The lowest BCUT2D eigenvalue weighted by molar-refractivity contribution is 0.0845. The Morgan fingerprint density at radius 2 is 2.15 bits per heavy atom. The van der Waals surface area contributed by atoms with E-state index in [1.165, 1.54) is 32.4 Å². The molecule has 1 saturated heterocycles. The van der Waals surface area contributed by atoms with Gasteiger partial charge < -0.3 is 5.73 Å². The van der Waals surface area contributed by atoms with E-state index >= 15 is 0 Å². The number of anilines is 1. The Morgan fingerprint density at radius 1 is 1.35 bits per heavy atom. The van der Waals surface area contributed by atoms with Gasteiger partial charge in [0.1, 0.15) is 5.15 Å². The van der Waals surface area contributed by atoms with Crippen LogP contribution in [0.25, 0.3) is 0 Å². The topological polar surface area (TPSA) is 55.0 Å². The number of likely N-dealkylation sites (tertiary alicyclic amines) is 1. The molecule has 2 N–H and O–H groups in total. The highest BCUT2D eigenvalue weighted by Gasteiger charge is 2.36. The van der Waals surface area contributed by atoms with Crippen molar-refractivity contribution in [2.75, 3.05) is 18.8 Å². The van der Waals surface area contributed by atoms with Gasteiger partial charge in [-0.1, -0.05) is 18.5 Å². The first-order chi connectivity index (χ1) is 9.19. The maximum atomic E-state index is 6.25. The average Bonchev–Trinajstić information content (AvgIpc) is 2.37. The molecule has 4 nitrogen and oxygen atoms in total. The van der Waals surface area contributed by atoms with Gasteiger partial charge in [-0.2, -0.15) is 0 Å². The fraction of sp³-hybridized carbons (Fsp3) is 0.714. The standard InChI is InChI=1S/C14H21ClN4.ClH/c1-2-5-19-6-3-4-9-7-11-10(8-12(9)19)13(15)18-14(16)17-11;/h9,12H,2-8H2,1H3,(H2,16,17,18);1H/t9-,12-;/m0./s1. The molecule has 2 atom stereocenters. The monoisotopic (exact) mass is 316 g/mol. The third-order valence-corrected chi connectivity index (χ3v) is 4.79. The van der Waals surface area contributed by atoms with Crippen LogP contribution in [0.1, 0.15) is 37.4 Å². The number of aromatic nitrogens is 2. The first-order valence-corrected chi connectivity index (χ1v) is 7.61. The van der Waals surface area contributed by atoms with E-state index in [9.17, 15) is 0 Å². The highest BCUT2D eigenvalue weighted by molar-refractivity contribution is 6.30. The molecule has 1 aromatic heterocycles. The largest absolute Gasteiger partial charge is 0.368 e. The number of fused-ring (bicyclic) bond motifs is 2. The van der Waals surface area contributed by atoms with Crippen LogP contribution in [-0.2, 0) is 12.8 Å². The van der Waals surface area contributed by atoms with Gasteiger partial charge in [-0.05, 0) is 51.1 Å². The van der Waals surface area contributed by atoms with Gasteiger partial charge >= 0.3 is 0 Å². The second-order valence-electron chi connectivity index (χ2n) is 5.71. The second kappa shape index (κ2) is 6.46. The van der Waals surface area contributed by atoms with Crippen LogP contribution in [0.2, 0.25) is 5.15 Å². The van der Waals surface area contributed by atoms with E-state index < -0.39 is 0 Å². The van der Waals surface area contributed by atoms with Crippen LogP contribution in [0.5, 0.6) is 0 Å². The molecule has 20 heavy (non-hydrogen) atoms. The van der Waals surface area contributed by atoms with Crippen LogP contribution < -0.4 is 5.73 Å². The fourth-order valence-electron chi connectivity index (χ4n) is 3.66. The Labute approximate surface area is 131 Å². The van der Waals surface area contributed by atoms with E-state index in [1.807, 2.05) is 0 Å². The van der Waals surface area contributed by atoms with Crippen LogP contribution in [0.4, 0.5) is 5.95 Å². The summed E-state index contributed by atoms with van der Waals surface area (Å²) in [5.41, 5.74) is 7.91. The lowest BCUT2D eigenvalue weighted by Gasteiger charge is -2.44. The second-order valence-corrected chi connectivity index (χ2v) is 6.07. The van der Waals surface area contributed by atoms with Crippen molar-refractivity contribution in [2.24, 2.45) is 5.92 Å². The van der Waals surface area contributed by atoms with Crippen molar-refractivity contribution in [1.82, 2.24) is 14.9 Å². The summed E-state index contributed by atoms with van der Waals surface area (Å²) in [5, 5.41) is 0.558. The SMILES string of the molecule is CCCN1CCC[C@H]2Cc3nc(N)nc(Cl)c3C[C@@H]21.Cl. The molecule has 2 heterocycles. The number of nitrogen functional groups attached to an aromatic ring is 1. The third-order valence-electron chi connectivity index (χ3n) is 4.47. The molecular formula is C14H22Cl2N4. The van der Waals surface area contributed by atoms with Crippen LogP contribution in [-0.4, -0.2) is 34.0 Å². The molecule has 0 radical (unpaired) electrons. The van der Waals surface area contributed by atoms with Gasteiger partial charge in [-0.25, -0.2) is 9.97 Å². The summed E-state index contributed by atoms with van der Waals surface area (Å²) in [6, 6.07) is 0.617. The number of piperidine rings is 1. The Bertz CT molecular complexity index is 478. The quantitative estimate of drug-likeness (QED) is 0.852. The molecule has 1 aliphatic heterocycles. The molecular weight excluding hydrogens is 295 g/mol. The molecule has 1 aliphatic carbocycles. The number of hydrogen-bond donors (Lipinski definition) is 1. The van der Waals surface area contributed by atoms with Crippen LogP contribution in [0.3, 0.4) is 0 Å². The molecule has 3 rings (SSSR count). The smallest absolute Gasteiger partial charge is 0.221 e. The summed E-state index contributed by atoms with van der Waals surface area (Å²) in [7, 11) is 0. The van der Waals surface area contributed by atoms with Crippen molar-refractivity contribution in [1.29, 1.82) is 0 Å². The summed E-state index contributed by atoms with van der Waals surface area (Å²) in [5.74, 6) is 1.02. The number of nitrogens with zero attached hydrogens (tertiary/aromatic N) is 3. The molecule has 0 aromatic carbocycles. The maximum absolute atomic E-state index is 6.25. The molecule has 2 aliphatic rings. The molecule has 1 fully saturated rings. The normalized spacial score (nSPS) is 25.5. The van der Waals surface area contributed by atoms with Gasteiger partial charge in [0.15, 0.2) is 0 Å². The van der Waals surface area contributed by atoms with Gasteiger partial charge in [0.05, 0.1) is 5.69 Å². The number of nitrogens with two attached hydrogens (primary N) is 1. The number of rotatable bonds is 2. The van der Waals surface area contributed by atoms with Crippen LogP contribution in [0.15, 0.2) is 0 Å². The van der Waals surface area contributed by atoms with Gasteiger partial charge in [-0.15, -0.1) is 12.4 Å². The van der Waals surface area contributed by atoms with E-state index in [2.05, 4.69) is 21.8 Å². The summed E-state index contributed by atoms with van der Waals surface area (Å²) < 4.78 is 0. The van der Waals surface area contributed by atoms with Crippen molar-refractivity contribution in [3.05, 3.63) is 16.4 Å². The minimum Gasteiger partial charge on any atom is -0.368 e. The molecule has 0 amide bonds. The lowest BCUT2D eigenvalue weighted by atomic mass is 9.77. The maximum Gasteiger partial charge on any atom is 0.221 e. The zero-order valence-electron chi connectivity index (χ0n) is 11.8. The molecule has 0 saturated carbocycles. The fourth-order valence-corrected chi connectivity index (χ4v) is 3.93. The van der Waals surface area contributed by atoms with E-state index in [1.54, 1.807) is 0 Å². The van der Waals surface area contributed by atoms with Crippen LogP contribution >= 0.6 is 24.0 Å². The predicted molar refractivity (Wildman–Crippen MR) is 84.5 cm³/mol. The number of halogens is 2. The first-order valence-electron chi connectivity index (χ1n) is 7.24. The van der Waals surface area contributed by atoms with Gasteiger partial charge in [0, 0.05) is 11.6 Å². The van der Waals surface area contributed by atoms with Crippen molar-refractivity contribution >= 4 is 30.0 Å². The molecule has 0 bridgehead atoms. The van der Waals surface area contributed by atoms with Crippen LogP contribution in [0, 0.1) is 5.92 Å². The Hall–Kier alpha value is -0.580. The summed E-state index contributed by atoms with van der Waals surface area (Å²) >= 11 is 6.25. The predicted octanol–water partition coefficient (Wildman–Crippen LogP) is 2.72. The molecule has 0 unspecified atom stereocenters. The van der Waals surface area contributed by atoms with Crippen molar-refractivity contribution in [2.45, 2.75) is 45.1 Å². The Kier molecular flexibility index (Phi) is 5.10. The Morgan fingerprint density at radius 3 is 2.90 bits per heavy atom. The number of hydrogen-bond acceptors (Lipinski definition) is 4. The Balaban J connectivity index is 0.00000147.